The molecule has 1 N–H and O–H groups in total. The summed E-state index contributed by atoms with van der Waals surface area (Å²) >= 11 is 0. The van der Waals surface area contributed by atoms with Gasteiger partial charge in [0.15, 0.2) is 0 Å². The predicted octanol–water partition coefficient (Wildman–Crippen LogP) is 3.84. The van der Waals surface area contributed by atoms with Crippen molar-refractivity contribution in [2.24, 2.45) is 11.3 Å². The van der Waals surface area contributed by atoms with E-state index in [0.29, 0.717) is 5.41 Å². The highest BCUT2D eigenvalue weighted by atomic mass is 19.1. The molecule has 2 rings (SSSR count). The van der Waals surface area contributed by atoms with Crippen LogP contribution in [-0.4, -0.2) is 31.1 Å². The smallest absolute Gasteiger partial charge is 0.128 e. The van der Waals surface area contributed by atoms with E-state index in [2.05, 4.69) is 37.9 Å². The molecule has 1 fully saturated rings. The van der Waals surface area contributed by atoms with Gasteiger partial charge in [-0.05, 0) is 36.9 Å². The van der Waals surface area contributed by atoms with Crippen LogP contribution in [0.3, 0.4) is 0 Å². The molecule has 2 nitrogen and oxygen atoms in total. The maximum absolute atomic E-state index is 14.0. The largest absolute Gasteiger partial charge is 0.309 e. The lowest BCUT2D eigenvalue weighted by Gasteiger charge is -2.29. The summed E-state index contributed by atoms with van der Waals surface area (Å²) in [6, 6.07) is 7.22. The standard InChI is InChI=1S/C18H29FN2/c1-5-20-17(15-8-6-7-9-16(15)19)13-21-11-10-14(12-21)18(2,3)4/h6-9,14,17,20H,5,10-13H2,1-4H3. The molecule has 2 unspecified atom stereocenters. The zero-order valence-corrected chi connectivity index (χ0v) is 13.8. The summed E-state index contributed by atoms with van der Waals surface area (Å²) in [6.45, 7) is 13.0. The van der Waals surface area contributed by atoms with Crippen molar-refractivity contribution in [1.82, 2.24) is 10.2 Å². The van der Waals surface area contributed by atoms with E-state index in [1.807, 2.05) is 12.1 Å². The van der Waals surface area contributed by atoms with Gasteiger partial charge in [0.1, 0.15) is 5.82 Å². The summed E-state index contributed by atoms with van der Waals surface area (Å²) in [5.41, 5.74) is 1.15. The van der Waals surface area contributed by atoms with Crippen LogP contribution in [0, 0.1) is 17.2 Å². The minimum Gasteiger partial charge on any atom is -0.309 e. The fourth-order valence-corrected chi connectivity index (χ4v) is 3.24. The molecule has 21 heavy (non-hydrogen) atoms. The van der Waals surface area contributed by atoms with Crippen molar-refractivity contribution < 1.29 is 4.39 Å². The topological polar surface area (TPSA) is 15.3 Å². The maximum atomic E-state index is 14.0. The maximum Gasteiger partial charge on any atom is 0.128 e. The van der Waals surface area contributed by atoms with E-state index >= 15 is 0 Å². The van der Waals surface area contributed by atoms with Crippen LogP contribution in [0.15, 0.2) is 24.3 Å². The molecular formula is C18H29FN2. The fraction of sp³-hybridized carbons (Fsp3) is 0.667. The number of hydrogen-bond donors (Lipinski definition) is 1. The second-order valence-electron chi connectivity index (χ2n) is 7.24. The lowest BCUT2D eigenvalue weighted by molar-refractivity contribution is 0.219. The normalized spacial score (nSPS) is 21.7. The lowest BCUT2D eigenvalue weighted by Crippen LogP contribution is -2.35. The lowest BCUT2D eigenvalue weighted by atomic mass is 9.80. The first kappa shape index (κ1) is 16.4. The van der Waals surface area contributed by atoms with Gasteiger partial charge < -0.3 is 10.2 Å². The second-order valence-corrected chi connectivity index (χ2v) is 7.24. The van der Waals surface area contributed by atoms with Gasteiger partial charge in [0, 0.05) is 24.7 Å². The van der Waals surface area contributed by atoms with Gasteiger partial charge in [-0.3, -0.25) is 0 Å². The van der Waals surface area contributed by atoms with Crippen molar-refractivity contribution in [1.29, 1.82) is 0 Å². The number of halogens is 1. The van der Waals surface area contributed by atoms with Crippen LogP contribution < -0.4 is 5.32 Å². The molecule has 0 bridgehead atoms. The Bertz CT molecular complexity index is 453. The number of nitrogens with zero attached hydrogens (tertiary/aromatic N) is 1. The number of benzene rings is 1. The van der Waals surface area contributed by atoms with Crippen LogP contribution in [0.1, 0.15) is 45.7 Å². The first-order valence-electron chi connectivity index (χ1n) is 8.12. The summed E-state index contributed by atoms with van der Waals surface area (Å²) in [7, 11) is 0. The van der Waals surface area contributed by atoms with E-state index in [9.17, 15) is 4.39 Å². The Kier molecular flexibility index (Phi) is 5.39. The van der Waals surface area contributed by atoms with E-state index in [-0.39, 0.29) is 11.9 Å². The molecule has 1 heterocycles. The third kappa shape index (κ3) is 4.27. The van der Waals surface area contributed by atoms with Crippen LogP contribution in [0.5, 0.6) is 0 Å². The molecule has 0 spiro atoms. The van der Waals surface area contributed by atoms with Gasteiger partial charge in [-0.2, -0.15) is 0 Å². The van der Waals surface area contributed by atoms with Crippen molar-refractivity contribution in [2.45, 2.75) is 40.2 Å². The molecule has 1 aliphatic heterocycles. The molecule has 0 amide bonds. The molecule has 1 aromatic carbocycles. The molecule has 1 saturated heterocycles. The molecule has 0 radical (unpaired) electrons. The van der Waals surface area contributed by atoms with E-state index in [0.717, 1.165) is 37.7 Å². The monoisotopic (exact) mass is 292 g/mol. The zero-order valence-electron chi connectivity index (χ0n) is 13.8. The van der Waals surface area contributed by atoms with Crippen LogP contribution in [0.25, 0.3) is 0 Å². The van der Waals surface area contributed by atoms with Crippen LogP contribution in [0.4, 0.5) is 4.39 Å². The second kappa shape index (κ2) is 6.89. The number of rotatable bonds is 5. The zero-order chi connectivity index (χ0) is 15.5. The van der Waals surface area contributed by atoms with E-state index in [1.165, 1.54) is 6.42 Å². The highest BCUT2D eigenvalue weighted by Crippen LogP contribution is 2.34. The third-order valence-electron chi connectivity index (χ3n) is 4.67. The van der Waals surface area contributed by atoms with Crippen molar-refractivity contribution in [3.05, 3.63) is 35.6 Å². The van der Waals surface area contributed by atoms with Gasteiger partial charge in [-0.15, -0.1) is 0 Å². The van der Waals surface area contributed by atoms with Crippen LogP contribution in [-0.2, 0) is 0 Å². The summed E-state index contributed by atoms with van der Waals surface area (Å²) in [5, 5.41) is 3.44. The Morgan fingerprint density at radius 1 is 1.33 bits per heavy atom. The average Bonchev–Trinajstić information content (AvgIpc) is 2.87. The van der Waals surface area contributed by atoms with Gasteiger partial charge in [0.2, 0.25) is 0 Å². The molecule has 0 saturated carbocycles. The Morgan fingerprint density at radius 3 is 2.62 bits per heavy atom. The number of likely N-dealkylation sites (N-methyl/N-ethyl adjacent to an activating group) is 1. The summed E-state index contributed by atoms with van der Waals surface area (Å²) in [6.07, 6.45) is 1.25. The molecule has 0 aromatic heterocycles. The minimum absolute atomic E-state index is 0.0786. The number of nitrogens with one attached hydrogen (secondary N) is 1. The highest BCUT2D eigenvalue weighted by molar-refractivity contribution is 5.21. The molecule has 3 heteroatoms. The highest BCUT2D eigenvalue weighted by Gasteiger charge is 2.32. The number of hydrogen-bond acceptors (Lipinski definition) is 2. The molecule has 2 atom stereocenters. The molecule has 1 aromatic rings. The number of likely N-dealkylation sites (tertiary alicyclic amines) is 1. The Balaban J connectivity index is 2.03. The van der Waals surface area contributed by atoms with Crippen molar-refractivity contribution >= 4 is 0 Å². The van der Waals surface area contributed by atoms with E-state index in [4.69, 9.17) is 0 Å². The molecule has 0 aliphatic carbocycles. The van der Waals surface area contributed by atoms with Gasteiger partial charge in [-0.1, -0.05) is 45.9 Å². The van der Waals surface area contributed by atoms with Gasteiger partial charge in [0.05, 0.1) is 0 Å². The van der Waals surface area contributed by atoms with Crippen LogP contribution >= 0.6 is 0 Å². The van der Waals surface area contributed by atoms with Crippen molar-refractivity contribution in [3.63, 3.8) is 0 Å². The molecule has 118 valence electrons. The average molecular weight is 292 g/mol. The van der Waals surface area contributed by atoms with Crippen molar-refractivity contribution in [3.8, 4) is 0 Å². The predicted molar refractivity (Wildman–Crippen MR) is 86.8 cm³/mol. The van der Waals surface area contributed by atoms with Gasteiger partial charge in [0.25, 0.3) is 0 Å². The first-order chi connectivity index (χ1) is 9.91. The summed E-state index contributed by atoms with van der Waals surface area (Å²) in [5.74, 6) is 0.635. The summed E-state index contributed by atoms with van der Waals surface area (Å²) in [4.78, 5) is 2.48. The minimum atomic E-state index is -0.102. The quantitative estimate of drug-likeness (QED) is 0.887. The van der Waals surface area contributed by atoms with E-state index in [1.54, 1.807) is 12.1 Å². The van der Waals surface area contributed by atoms with Crippen LogP contribution in [0.2, 0.25) is 0 Å². The van der Waals surface area contributed by atoms with E-state index < -0.39 is 0 Å². The van der Waals surface area contributed by atoms with Gasteiger partial charge >= 0.3 is 0 Å². The Labute approximate surface area is 128 Å². The Hall–Kier alpha value is -0.930. The summed E-state index contributed by atoms with van der Waals surface area (Å²) < 4.78 is 14.0. The first-order valence-corrected chi connectivity index (χ1v) is 8.12. The fourth-order valence-electron chi connectivity index (χ4n) is 3.24. The molecular weight excluding hydrogens is 263 g/mol. The van der Waals surface area contributed by atoms with Gasteiger partial charge in [-0.25, -0.2) is 4.39 Å². The Morgan fingerprint density at radius 2 is 2.05 bits per heavy atom. The SMILES string of the molecule is CCNC(CN1CCC(C(C)(C)C)C1)c1ccccc1F. The third-order valence-corrected chi connectivity index (χ3v) is 4.67. The molecule has 1 aliphatic rings. The van der Waals surface area contributed by atoms with Crippen molar-refractivity contribution in [2.75, 3.05) is 26.2 Å².